The zero-order valence-corrected chi connectivity index (χ0v) is 21.9. The molecule has 2 aliphatic rings. The number of piperidine rings is 1. The maximum atomic E-state index is 12.9. The van der Waals surface area contributed by atoms with Crippen molar-refractivity contribution in [2.75, 3.05) is 25.4 Å². The van der Waals surface area contributed by atoms with Crippen molar-refractivity contribution >= 4 is 22.8 Å². The molecule has 1 atom stereocenters. The minimum absolute atomic E-state index is 0.00422. The van der Waals surface area contributed by atoms with Crippen LogP contribution in [0.15, 0.2) is 73.1 Å². The number of nitrogens with one attached hydrogen (secondary N) is 1. The molecule has 6 rings (SSSR count). The highest BCUT2D eigenvalue weighted by atomic mass is 16.5. The quantitative estimate of drug-likeness (QED) is 0.321. The average Bonchev–Trinajstić information content (AvgIpc) is 3.34. The lowest BCUT2D eigenvalue weighted by Crippen LogP contribution is -2.40. The molecule has 1 saturated carbocycles. The molecule has 200 valence electrons. The van der Waals surface area contributed by atoms with Gasteiger partial charge in [0.25, 0.3) is 0 Å². The number of benzene rings is 2. The first-order valence-electron chi connectivity index (χ1n) is 13.7. The summed E-state index contributed by atoms with van der Waals surface area (Å²) in [5.74, 6) is 1.93. The van der Waals surface area contributed by atoms with Gasteiger partial charge in [-0.25, -0.2) is 14.6 Å². The van der Waals surface area contributed by atoms with E-state index in [0.29, 0.717) is 24.1 Å². The van der Waals surface area contributed by atoms with Gasteiger partial charge in [-0.05, 0) is 62.1 Å². The van der Waals surface area contributed by atoms with Crippen LogP contribution in [0.1, 0.15) is 38.1 Å². The van der Waals surface area contributed by atoms with E-state index in [1.165, 1.54) is 25.6 Å². The van der Waals surface area contributed by atoms with Gasteiger partial charge < -0.3 is 20.7 Å². The predicted molar refractivity (Wildman–Crippen MR) is 151 cm³/mol. The molecule has 0 spiro atoms. The summed E-state index contributed by atoms with van der Waals surface area (Å²) in [6.07, 6.45) is 10.7. The molecule has 1 unspecified atom stereocenters. The third-order valence-corrected chi connectivity index (χ3v) is 7.57. The fourth-order valence-electron chi connectivity index (χ4n) is 5.22. The predicted octanol–water partition coefficient (Wildman–Crippen LogP) is 4.73. The number of hydrogen-bond donors (Lipinski definition) is 2. The second kappa shape index (κ2) is 11.2. The number of nitrogens with zero attached hydrogens (tertiary/aromatic N) is 5. The Morgan fingerprint density at radius 1 is 1.03 bits per heavy atom. The molecule has 39 heavy (non-hydrogen) atoms. The molecule has 9 nitrogen and oxygen atoms in total. The van der Waals surface area contributed by atoms with Crippen LogP contribution >= 0.6 is 0 Å². The Kier molecular flexibility index (Phi) is 7.23. The lowest BCUT2D eigenvalue weighted by atomic mass is 9.93. The van der Waals surface area contributed by atoms with Crippen LogP contribution in [0.25, 0.3) is 22.3 Å². The molecule has 1 aliphatic carbocycles. The van der Waals surface area contributed by atoms with E-state index in [-0.39, 0.29) is 11.9 Å². The number of rotatable bonds is 8. The zero-order chi connectivity index (χ0) is 26.6. The standard InChI is InChI=1S/C30H33N7O2/c31-29-27-28(21-13-15-25(16-14-21)39-24-10-2-1-3-11-24)35-37(30(27)34-20-33-29)23-9-6-18-36(19-23)26(38)12-5-17-32-22-7-4-8-22/h1-3,5,10-16,20,22-23,32H,4,6-9,17-19H2,(H2,31,33,34). The molecular weight excluding hydrogens is 490 g/mol. The number of nitrogens with two attached hydrogens (primary N) is 1. The number of nitrogen functional groups attached to an aromatic ring is 1. The second-order valence-corrected chi connectivity index (χ2v) is 10.2. The Labute approximate surface area is 227 Å². The highest BCUT2D eigenvalue weighted by molar-refractivity contribution is 5.98. The van der Waals surface area contributed by atoms with Crippen molar-refractivity contribution in [3.05, 3.63) is 73.1 Å². The lowest BCUT2D eigenvalue weighted by Gasteiger charge is -2.32. The summed E-state index contributed by atoms with van der Waals surface area (Å²) in [4.78, 5) is 23.6. The van der Waals surface area contributed by atoms with Gasteiger partial charge in [0, 0.05) is 37.3 Å². The minimum atomic E-state index is -0.00422. The van der Waals surface area contributed by atoms with Crippen LogP contribution in [-0.4, -0.2) is 56.2 Å². The number of anilines is 1. The van der Waals surface area contributed by atoms with Gasteiger partial charge in [0.15, 0.2) is 5.65 Å². The zero-order valence-electron chi connectivity index (χ0n) is 21.9. The van der Waals surface area contributed by atoms with E-state index < -0.39 is 0 Å². The fraction of sp³-hybridized carbons (Fsp3) is 0.333. The Morgan fingerprint density at radius 2 is 1.82 bits per heavy atom. The smallest absolute Gasteiger partial charge is 0.246 e. The molecule has 2 fully saturated rings. The minimum Gasteiger partial charge on any atom is -0.457 e. The Balaban J connectivity index is 1.21. The number of hydrogen-bond acceptors (Lipinski definition) is 7. The Morgan fingerprint density at radius 3 is 2.59 bits per heavy atom. The molecule has 1 saturated heterocycles. The monoisotopic (exact) mass is 523 g/mol. The first kappa shape index (κ1) is 25.1. The number of amides is 1. The van der Waals surface area contributed by atoms with Crippen LogP contribution in [0, 0.1) is 0 Å². The molecule has 1 amide bonds. The number of fused-ring (bicyclic) bond motifs is 1. The van der Waals surface area contributed by atoms with Crippen molar-refractivity contribution in [3.8, 4) is 22.8 Å². The Bertz CT molecular complexity index is 1460. The van der Waals surface area contributed by atoms with Gasteiger partial charge in [-0.2, -0.15) is 5.10 Å². The van der Waals surface area contributed by atoms with Gasteiger partial charge in [-0.1, -0.05) is 30.7 Å². The van der Waals surface area contributed by atoms with Crippen LogP contribution < -0.4 is 15.8 Å². The number of carbonyl (C=O) groups excluding carboxylic acids is 1. The summed E-state index contributed by atoms with van der Waals surface area (Å²) in [6.45, 7) is 2.04. The fourth-order valence-corrected chi connectivity index (χ4v) is 5.22. The second-order valence-electron chi connectivity index (χ2n) is 10.2. The van der Waals surface area contributed by atoms with Crippen molar-refractivity contribution in [1.29, 1.82) is 0 Å². The summed E-state index contributed by atoms with van der Waals surface area (Å²) in [6, 6.07) is 18.0. The van der Waals surface area contributed by atoms with Crippen LogP contribution in [0.5, 0.6) is 11.5 Å². The van der Waals surface area contributed by atoms with Gasteiger partial charge in [0.2, 0.25) is 5.91 Å². The molecule has 3 heterocycles. The van der Waals surface area contributed by atoms with E-state index in [0.717, 1.165) is 54.1 Å². The summed E-state index contributed by atoms with van der Waals surface area (Å²) in [7, 11) is 0. The normalized spacial score (nSPS) is 17.9. The highest BCUT2D eigenvalue weighted by Crippen LogP contribution is 2.35. The van der Waals surface area contributed by atoms with E-state index in [2.05, 4.69) is 15.3 Å². The first-order valence-corrected chi connectivity index (χ1v) is 13.7. The molecular formula is C30H33N7O2. The Hall–Kier alpha value is -4.24. The lowest BCUT2D eigenvalue weighted by molar-refractivity contribution is -0.127. The number of aromatic nitrogens is 4. The number of para-hydroxylation sites is 1. The summed E-state index contributed by atoms with van der Waals surface area (Å²) >= 11 is 0. The largest absolute Gasteiger partial charge is 0.457 e. The van der Waals surface area contributed by atoms with Gasteiger partial charge in [0.05, 0.1) is 11.4 Å². The summed E-state index contributed by atoms with van der Waals surface area (Å²) < 4.78 is 7.88. The molecule has 2 aromatic carbocycles. The third-order valence-electron chi connectivity index (χ3n) is 7.57. The van der Waals surface area contributed by atoms with E-state index in [1.54, 1.807) is 6.08 Å². The number of likely N-dealkylation sites (tertiary alicyclic amines) is 1. The first-order chi connectivity index (χ1) is 19.2. The van der Waals surface area contributed by atoms with E-state index in [1.807, 2.05) is 70.3 Å². The number of carbonyl (C=O) groups is 1. The van der Waals surface area contributed by atoms with Crippen LogP contribution in [0.3, 0.4) is 0 Å². The average molecular weight is 524 g/mol. The van der Waals surface area contributed by atoms with Crippen LogP contribution in [0.2, 0.25) is 0 Å². The molecule has 0 bridgehead atoms. The summed E-state index contributed by atoms with van der Waals surface area (Å²) in [5, 5.41) is 9.18. The topological polar surface area (TPSA) is 111 Å². The van der Waals surface area contributed by atoms with Crippen molar-refractivity contribution < 1.29 is 9.53 Å². The molecule has 9 heteroatoms. The van der Waals surface area contributed by atoms with Crippen LogP contribution in [-0.2, 0) is 4.79 Å². The molecule has 3 N–H and O–H groups in total. The molecule has 2 aromatic heterocycles. The number of ether oxygens (including phenoxy) is 1. The van der Waals surface area contributed by atoms with Crippen molar-refractivity contribution in [2.24, 2.45) is 0 Å². The van der Waals surface area contributed by atoms with Gasteiger partial charge in [-0.3, -0.25) is 4.79 Å². The van der Waals surface area contributed by atoms with E-state index in [9.17, 15) is 4.79 Å². The third kappa shape index (κ3) is 5.49. The molecule has 0 radical (unpaired) electrons. The van der Waals surface area contributed by atoms with Gasteiger partial charge in [0.1, 0.15) is 29.3 Å². The van der Waals surface area contributed by atoms with Crippen molar-refractivity contribution in [1.82, 2.24) is 30.0 Å². The SMILES string of the molecule is Nc1ncnc2c1c(-c1ccc(Oc3ccccc3)cc1)nn2C1CCCN(C(=O)C=CCNC2CCC2)C1. The summed E-state index contributed by atoms with van der Waals surface area (Å²) in [5.41, 5.74) is 8.64. The molecule has 4 aromatic rings. The van der Waals surface area contributed by atoms with E-state index in [4.69, 9.17) is 15.6 Å². The maximum Gasteiger partial charge on any atom is 0.246 e. The van der Waals surface area contributed by atoms with Gasteiger partial charge >= 0.3 is 0 Å². The van der Waals surface area contributed by atoms with Crippen LogP contribution in [0.4, 0.5) is 5.82 Å². The highest BCUT2D eigenvalue weighted by Gasteiger charge is 2.28. The van der Waals surface area contributed by atoms with Crippen molar-refractivity contribution in [3.63, 3.8) is 0 Å². The van der Waals surface area contributed by atoms with Gasteiger partial charge in [-0.15, -0.1) is 0 Å². The van der Waals surface area contributed by atoms with E-state index >= 15 is 0 Å². The molecule has 1 aliphatic heterocycles. The van der Waals surface area contributed by atoms with Crippen molar-refractivity contribution in [2.45, 2.75) is 44.2 Å². The maximum absolute atomic E-state index is 12.9.